The summed E-state index contributed by atoms with van der Waals surface area (Å²) >= 11 is 0. The molecule has 1 aliphatic heterocycles. The van der Waals surface area contributed by atoms with Crippen molar-refractivity contribution in [2.45, 2.75) is 33.7 Å². The van der Waals surface area contributed by atoms with Gasteiger partial charge >= 0.3 is 0 Å². The number of amides is 1. The molecule has 0 aromatic heterocycles. The van der Waals surface area contributed by atoms with Crippen LogP contribution in [0.15, 0.2) is 42.5 Å². The predicted molar refractivity (Wildman–Crippen MR) is 119 cm³/mol. The summed E-state index contributed by atoms with van der Waals surface area (Å²) in [5.41, 5.74) is 4.82. The second-order valence-corrected chi connectivity index (χ2v) is 7.80. The average molecular weight is 396 g/mol. The van der Waals surface area contributed by atoms with E-state index in [1.165, 1.54) is 11.1 Å². The first kappa shape index (κ1) is 21.2. The summed E-state index contributed by atoms with van der Waals surface area (Å²) in [6.07, 6.45) is 0. The molecule has 1 atom stereocenters. The zero-order chi connectivity index (χ0) is 20.8. The molecule has 0 saturated carbocycles. The highest BCUT2D eigenvalue weighted by Gasteiger charge is 2.21. The van der Waals surface area contributed by atoms with Gasteiger partial charge in [0.15, 0.2) is 0 Å². The van der Waals surface area contributed by atoms with Crippen LogP contribution in [-0.4, -0.2) is 50.1 Å². The normalized spacial score (nSPS) is 15.8. The maximum absolute atomic E-state index is 12.6. The van der Waals surface area contributed by atoms with E-state index in [1.807, 2.05) is 32.0 Å². The van der Waals surface area contributed by atoms with Gasteiger partial charge in [-0.3, -0.25) is 9.69 Å². The highest BCUT2D eigenvalue weighted by molar-refractivity contribution is 5.78. The van der Waals surface area contributed by atoms with Crippen LogP contribution in [0.25, 0.3) is 0 Å². The summed E-state index contributed by atoms with van der Waals surface area (Å²) in [7, 11) is 0. The Hall–Kier alpha value is -2.53. The van der Waals surface area contributed by atoms with Crippen molar-refractivity contribution in [3.05, 3.63) is 59.2 Å². The van der Waals surface area contributed by atoms with Crippen molar-refractivity contribution in [2.24, 2.45) is 0 Å². The summed E-state index contributed by atoms with van der Waals surface area (Å²) in [5.74, 6) is 1.02. The Labute approximate surface area is 174 Å². The van der Waals surface area contributed by atoms with E-state index >= 15 is 0 Å². The van der Waals surface area contributed by atoms with Gasteiger partial charge in [0, 0.05) is 26.2 Å². The average Bonchev–Trinajstić information content (AvgIpc) is 2.71. The highest BCUT2D eigenvalue weighted by atomic mass is 16.5. The lowest BCUT2D eigenvalue weighted by Gasteiger charge is -2.36. The molecule has 2 aromatic rings. The number of nitrogens with one attached hydrogen (secondary N) is 1. The fourth-order valence-corrected chi connectivity index (χ4v) is 3.75. The maximum atomic E-state index is 12.6. The zero-order valence-corrected chi connectivity index (χ0v) is 18.1. The molecule has 0 unspecified atom stereocenters. The molecule has 1 saturated heterocycles. The minimum absolute atomic E-state index is 0.0150. The summed E-state index contributed by atoms with van der Waals surface area (Å²) < 4.78 is 5.76. The molecule has 1 fully saturated rings. The smallest absolute Gasteiger partial charge is 0.234 e. The van der Waals surface area contributed by atoms with E-state index in [4.69, 9.17) is 4.74 Å². The van der Waals surface area contributed by atoms with Crippen LogP contribution < -0.4 is 15.0 Å². The molecule has 29 heavy (non-hydrogen) atoms. The molecule has 0 bridgehead atoms. The fraction of sp³-hybridized carbons (Fsp3) is 0.458. The van der Waals surface area contributed by atoms with Crippen molar-refractivity contribution >= 4 is 11.6 Å². The molecular formula is C24H33N3O2. The van der Waals surface area contributed by atoms with Crippen molar-refractivity contribution in [3.63, 3.8) is 0 Å². The van der Waals surface area contributed by atoms with Gasteiger partial charge in [0.05, 0.1) is 24.9 Å². The van der Waals surface area contributed by atoms with Crippen LogP contribution in [0, 0.1) is 13.8 Å². The van der Waals surface area contributed by atoms with Crippen LogP contribution in [-0.2, 0) is 4.79 Å². The molecule has 0 radical (unpaired) electrons. The fourth-order valence-electron chi connectivity index (χ4n) is 3.75. The Balaban J connectivity index is 1.50. The third kappa shape index (κ3) is 5.51. The lowest BCUT2D eigenvalue weighted by molar-refractivity contribution is -0.123. The van der Waals surface area contributed by atoms with Gasteiger partial charge in [-0.05, 0) is 56.5 Å². The molecule has 1 aliphatic rings. The first-order valence-corrected chi connectivity index (χ1v) is 10.5. The lowest BCUT2D eigenvalue weighted by Crippen LogP contribution is -2.49. The number of carbonyl (C=O) groups is 1. The first-order valence-electron chi connectivity index (χ1n) is 10.5. The third-order valence-electron chi connectivity index (χ3n) is 5.65. The monoisotopic (exact) mass is 395 g/mol. The maximum Gasteiger partial charge on any atom is 0.234 e. The van der Waals surface area contributed by atoms with Crippen LogP contribution >= 0.6 is 0 Å². The topological polar surface area (TPSA) is 44.8 Å². The number of carbonyl (C=O) groups excluding carboxylic acids is 1. The Morgan fingerprint density at radius 3 is 2.48 bits per heavy atom. The van der Waals surface area contributed by atoms with E-state index in [0.717, 1.165) is 43.2 Å². The van der Waals surface area contributed by atoms with E-state index in [2.05, 4.69) is 53.2 Å². The number of rotatable bonds is 7. The standard InChI is InChI=1S/C24H33N3O2/c1-5-29-23-9-7-6-8-22(23)27-14-12-26(13-15-27)17-24(28)25-20(4)21-11-10-18(2)19(3)16-21/h6-11,16,20H,5,12-15,17H2,1-4H3,(H,25,28)/t20-/m0/s1. The first-order chi connectivity index (χ1) is 14.0. The molecule has 156 valence electrons. The van der Waals surface area contributed by atoms with Crippen molar-refractivity contribution in [1.82, 2.24) is 10.2 Å². The summed E-state index contributed by atoms with van der Waals surface area (Å²) in [4.78, 5) is 17.1. The number of nitrogens with zero attached hydrogens (tertiary/aromatic N) is 2. The van der Waals surface area contributed by atoms with Crippen LogP contribution in [0.1, 0.15) is 36.6 Å². The van der Waals surface area contributed by atoms with Crippen molar-refractivity contribution in [2.75, 3.05) is 44.2 Å². The second-order valence-electron chi connectivity index (χ2n) is 7.80. The van der Waals surface area contributed by atoms with Crippen LogP contribution in [0.4, 0.5) is 5.69 Å². The number of hydrogen-bond donors (Lipinski definition) is 1. The largest absolute Gasteiger partial charge is 0.492 e. The second kappa shape index (κ2) is 9.79. The number of benzene rings is 2. The molecule has 0 aliphatic carbocycles. The summed E-state index contributed by atoms with van der Waals surface area (Å²) in [5, 5.41) is 3.14. The molecule has 5 heteroatoms. The van der Waals surface area contributed by atoms with Gasteiger partial charge in [-0.2, -0.15) is 0 Å². The molecule has 1 N–H and O–H groups in total. The van der Waals surface area contributed by atoms with Gasteiger partial charge in [0.1, 0.15) is 5.75 Å². The minimum Gasteiger partial charge on any atom is -0.492 e. The highest BCUT2D eigenvalue weighted by Crippen LogP contribution is 2.28. The Morgan fingerprint density at radius 1 is 1.07 bits per heavy atom. The molecule has 1 amide bonds. The lowest BCUT2D eigenvalue weighted by atomic mass is 10.0. The Kier molecular flexibility index (Phi) is 7.15. The molecular weight excluding hydrogens is 362 g/mol. The summed E-state index contributed by atoms with van der Waals surface area (Å²) in [6, 6.07) is 14.6. The van der Waals surface area contributed by atoms with Gasteiger partial charge < -0.3 is 15.0 Å². The number of hydrogen-bond acceptors (Lipinski definition) is 4. The number of aryl methyl sites for hydroxylation is 2. The number of piperazine rings is 1. The van der Waals surface area contributed by atoms with E-state index < -0.39 is 0 Å². The predicted octanol–water partition coefficient (Wildman–Crippen LogP) is 3.70. The van der Waals surface area contributed by atoms with E-state index in [9.17, 15) is 4.79 Å². The van der Waals surface area contributed by atoms with Crippen LogP contribution in [0.3, 0.4) is 0 Å². The molecule has 2 aromatic carbocycles. The van der Waals surface area contributed by atoms with Gasteiger partial charge in [-0.15, -0.1) is 0 Å². The Bertz CT molecular complexity index is 829. The van der Waals surface area contributed by atoms with Gasteiger partial charge in [-0.1, -0.05) is 30.3 Å². The number of anilines is 1. The van der Waals surface area contributed by atoms with E-state index in [-0.39, 0.29) is 11.9 Å². The van der Waals surface area contributed by atoms with Crippen LogP contribution in [0.2, 0.25) is 0 Å². The zero-order valence-electron chi connectivity index (χ0n) is 18.1. The van der Waals surface area contributed by atoms with Crippen molar-refractivity contribution < 1.29 is 9.53 Å². The molecule has 0 spiro atoms. The molecule has 3 rings (SSSR count). The summed E-state index contributed by atoms with van der Waals surface area (Å²) in [6.45, 7) is 12.9. The van der Waals surface area contributed by atoms with Crippen LogP contribution in [0.5, 0.6) is 5.75 Å². The number of para-hydroxylation sites is 2. The van der Waals surface area contributed by atoms with E-state index in [0.29, 0.717) is 13.2 Å². The SMILES string of the molecule is CCOc1ccccc1N1CCN(CC(=O)N[C@@H](C)c2ccc(C)c(C)c2)CC1. The number of ether oxygens (including phenoxy) is 1. The van der Waals surface area contributed by atoms with Gasteiger partial charge in [-0.25, -0.2) is 0 Å². The quantitative estimate of drug-likeness (QED) is 0.776. The van der Waals surface area contributed by atoms with E-state index in [1.54, 1.807) is 0 Å². The minimum atomic E-state index is 0.0150. The Morgan fingerprint density at radius 2 is 1.79 bits per heavy atom. The van der Waals surface area contributed by atoms with Crippen molar-refractivity contribution in [1.29, 1.82) is 0 Å². The molecule has 5 nitrogen and oxygen atoms in total. The third-order valence-corrected chi connectivity index (χ3v) is 5.65. The van der Waals surface area contributed by atoms with Gasteiger partial charge in [0.25, 0.3) is 0 Å². The van der Waals surface area contributed by atoms with Gasteiger partial charge in [0.2, 0.25) is 5.91 Å². The molecule has 1 heterocycles. The van der Waals surface area contributed by atoms with Crippen molar-refractivity contribution in [3.8, 4) is 5.75 Å².